The van der Waals surface area contributed by atoms with Crippen molar-refractivity contribution in [1.29, 1.82) is 0 Å². The summed E-state index contributed by atoms with van der Waals surface area (Å²) in [7, 11) is 1.48. The molecule has 18 heavy (non-hydrogen) atoms. The van der Waals surface area contributed by atoms with Crippen LogP contribution in [-0.4, -0.2) is 24.1 Å². The Hall–Kier alpha value is -1.79. The van der Waals surface area contributed by atoms with E-state index in [9.17, 15) is 14.9 Å². The molecule has 0 amide bonds. The number of nitro groups is 1. The third kappa shape index (κ3) is 2.72. The van der Waals surface area contributed by atoms with E-state index in [-0.39, 0.29) is 24.3 Å². The van der Waals surface area contributed by atoms with Crippen molar-refractivity contribution in [2.45, 2.75) is 25.2 Å². The zero-order valence-electron chi connectivity index (χ0n) is 9.87. The van der Waals surface area contributed by atoms with Gasteiger partial charge in [-0.3, -0.25) is 14.9 Å². The number of carbonyl (C=O) groups is 1. The number of nitrogens with zero attached hydrogens (tertiary/aromatic N) is 1. The van der Waals surface area contributed by atoms with E-state index in [1.807, 2.05) is 0 Å². The summed E-state index contributed by atoms with van der Waals surface area (Å²) in [5.74, 6) is 0.0662. The monoisotopic (exact) mass is 251 g/mol. The summed E-state index contributed by atoms with van der Waals surface area (Å²) in [5, 5.41) is 10.5. The molecule has 1 aromatic carbocycles. The molecule has 1 saturated heterocycles. The molecule has 0 radical (unpaired) electrons. The van der Waals surface area contributed by atoms with Crippen molar-refractivity contribution in [1.82, 2.24) is 0 Å². The maximum absolute atomic E-state index is 11.5. The molecule has 0 spiro atoms. The van der Waals surface area contributed by atoms with Crippen LogP contribution in [0.2, 0.25) is 0 Å². The van der Waals surface area contributed by atoms with Crippen LogP contribution in [0.1, 0.15) is 24.5 Å². The summed E-state index contributed by atoms with van der Waals surface area (Å²) in [5.41, 5.74) is 0.764. The average Bonchev–Trinajstić information content (AvgIpc) is 2.38. The van der Waals surface area contributed by atoms with E-state index < -0.39 is 17.3 Å². The lowest BCUT2D eigenvalue weighted by molar-refractivity contribution is -0.384. The van der Waals surface area contributed by atoms with Crippen molar-refractivity contribution in [2.24, 2.45) is 0 Å². The van der Waals surface area contributed by atoms with Gasteiger partial charge in [0.1, 0.15) is 5.78 Å². The molecule has 2 unspecified atom stereocenters. The predicted octanol–water partition coefficient (Wildman–Crippen LogP) is 1.99. The largest absolute Gasteiger partial charge is 0.355 e. The topological polar surface area (TPSA) is 78.7 Å². The number of methoxy groups -OCH3 is 1. The summed E-state index contributed by atoms with van der Waals surface area (Å²) < 4.78 is 10.6. The second kappa shape index (κ2) is 5.24. The number of Topliss-reactive ketones (excluding diaryl/α,β-unsaturated/α-hetero) is 1. The molecule has 1 aromatic rings. The van der Waals surface area contributed by atoms with Gasteiger partial charge in [-0.05, 0) is 17.7 Å². The number of benzene rings is 1. The van der Waals surface area contributed by atoms with Crippen molar-refractivity contribution in [3.63, 3.8) is 0 Å². The van der Waals surface area contributed by atoms with Crippen LogP contribution in [0.3, 0.4) is 0 Å². The number of nitro benzene ring substituents is 1. The molecule has 1 aliphatic rings. The first kappa shape index (κ1) is 12.7. The summed E-state index contributed by atoms with van der Waals surface area (Å²) in [6, 6.07) is 6.02. The van der Waals surface area contributed by atoms with Gasteiger partial charge in [-0.2, -0.15) is 0 Å². The van der Waals surface area contributed by atoms with Gasteiger partial charge >= 0.3 is 0 Å². The molecule has 96 valence electrons. The first-order chi connectivity index (χ1) is 8.60. The third-order valence-corrected chi connectivity index (χ3v) is 2.86. The van der Waals surface area contributed by atoms with Gasteiger partial charge in [-0.1, -0.05) is 0 Å². The lowest BCUT2D eigenvalue weighted by atomic mass is 10.00. The molecule has 1 fully saturated rings. The highest BCUT2D eigenvalue weighted by Gasteiger charge is 2.29. The molecule has 1 heterocycles. The van der Waals surface area contributed by atoms with E-state index in [2.05, 4.69) is 0 Å². The summed E-state index contributed by atoms with van der Waals surface area (Å²) >= 11 is 0. The third-order valence-electron chi connectivity index (χ3n) is 2.86. The summed E-state index contributed by atoms with van der Waals surface area (Å²) in [6.07, 6.45) is -0.402. The molecular formula is C12H13NO5. The molecule has 6 nitrogen and oxygen atoms in total. The maximum atomic E-state index is 11.5. The Morgan fingerprint density at radius 2 is 2.00 bits per heavy atom. The van der Waals surface area contributed by atoms with Crippen LogP contribution in [0, 0.1) is 10.1 Å². The summed E-state index contributed by atoms with van der Waals surface area (Å²) in [4.78, 5) is 21.6. The normalized spacial score (nSPS) is 23.9. The Kier molecular flexibility index (Phi) is 3.69. The quantitative estimate of drug-likeness (QED) is 0.606. The molecule has 2 rings (SSSR count). The highest BCUT2D eigenvalue weighted by atomic mass is 16.7. The number of hydrogen-bond acceptors (Lipinski definition) is 5. The number of rotatable bonds is 3. The Bertz CT molecular complexity index is 456. The van der Waals surface area contributed by atoms with Crippen molar-refractivity contribution in [3.8, 4) is 0 Å². The van der Waals surface area contributed by atoms with Gasteiger partial charge in [0, 0.05) is 25.7 Å². The van der Waals surface area contributed by atoms with E-state index in [1.54, 1.807) is 12.1 Å². The van der Waals surface area contributed by atoms with Gasteiger partial charge in [-0.15, -0.1) is 0 Å². The van der Waals surface area contributed by atoms with Crippen molar-refractivity contribution in [3.05, 3.63) is 39.9 Å². The lowest BCUT2D eigenvalue weighted by Crippen LogP contribution is -2.29. The smallest absolute Gasteiger partial charge is 0.269 e. The zero-order chi connectivity index (χ0) is 13.1. The minimum Gasteiger partial charge on any atom is -0.355 e. The minimum atomic E-state index is -0.536. The first-order valence-corrected chi connectivity index (χ1v) is 5.54. The van der Waals surface area contributed by atoms with Crippen molar-refractivity contribution >= 4 is 11.5 Å². The fourth-order valence-corrected chi connectivity index (χ4v) is 1.90. The van der Waals surface area contributed by atoms with Gasteiger partial charge in [0.25, 0.3) is 5.69 Å². The van der Waals surface area contributed by atoms with Crippen molar-refractivity contribution in [2.75, 3.05) is 7.11 Å². The molecule has 0 aliphatic carbocycles. The van der Waals surface area contributed by atoms with E-state index in [0.717, 1.165) is 5.56 Å². The van der Waals surface area contributed by atoms with Crippen LogP contribution >= 0.6 is 0 Å². The average molecular weight is 251 g/mol. The molecule has 0 saturated carbocycles. The molecule has 0 bridgehead atoms. The highest BCUT2D eigenvalue weighted by molar-refractivity contribution is 5.80. The van der Waals surface area contributed by atoms with Crippen molar-refractivity contribution < 1.29 is 19.2 Å². The lowest BCUT2D eigenvalue weighted by Gasteiger charge is -2.28. The first-order valence-electron chi connectivity index (χ1n) is 5.54. The number of hydrogen-bond donors (Lipinski definition) is 0. The van der Waals surface area contributed by atoms with Gasteiger partial charge in [0.05, 0.1) is 17.4 Å². The number of ketones is 1. The summed E-state index contributed by atoms with van der Waals surface area (Å²) in [6.45, 7) is 0. The Labute approximate surface area is 104 Å². The molecular weight excluding hydrogens is 238 g/mol. The molecule has 0 aromatic heterocycles. The van der Waals surface area contributed by atoms with Gasteiger partial charge in [0.2, 0.25) is 0 Å². The predicted molar refractivity (Wildman–Crippen MR) is 62.0 cm³/mol. The van der Waals surface area contributed by atoms with Crippen LogP contribution in [-0.2, 0) is 14.3 Å². The van der Waals surface area contributed by atoms with Gasteiger partial charge < -0.3 is 9.47 Å². The molecule has 2 atom stereocenters. The molecule has 1 aliphatic heterocycles. The van der Waals surface area contributed by atoms with Crippen LogP contribution in [0.15, 0.2) is 24.3 Å². The van der Waals surface area contributed by atoms with Crippen LogP contribution in [0.25, 0.3) is 0 Å². The van der Waals surface area contributed by atoms with Crippen LogP contribution in [0.4, 0.5) is 5.69 Å². The Morgan fingerprint density at radius 1 is 1.33 bits per heavy atom. The Morgan fingerprint density at radius 3 is 2.56 bits per heavy atom. The fraction of sp³-hybridized carbons (Fsp3) is 0.417. The SMILES string of the molecule is COC1CC(=O)CC(c2ccc([N+](=O)[O-])cc2)O1. The number of non-ortho nitro benzene ring substituents is 1. The van der Waals surface area contributed by atoms with E-state index >= 15 is 0 Å². The van der Waals surface area contributed by atoms with E-state index in [4.69, 9.17) is 9.47 Å². The van der Waals surface area contributed by atoms with Crippen LogP contribution in [0.5, 0.6) is 0 Å². The number of ether oxygens (including phenoxy) is 2. The van der Waals surface area contributed by atoms with Gasteiger partial charge in [0.15, 0.2) is 6.29 Å². The highest BCUT2D eigenvalue weighted by Crippen LogP contribution is 2.30. The minimum absolute atomic E-state index is 0.0178. The molecule has 6 heteroatoms. The Balaban J connectivity index is 2.15. The molecule has 0 N–H and O–H groups in total. The second-order valence-electron chi connectivity index (χ2n) is 4.09. The standard InChI is InChI=1S/C12H13NO5/c1-17-12-7-10(14)6-11(18-12)8-2-4-9(5-3-8)13(15)16/h2-5,11-12H,6-7H2,1H3. The fourth-order valence-electron chi connectivity index (χ4n) is 1.90. The van der Waals surface area contributed by atoms with E-state index in [0.29, 0.717) is 0 Å². The zero-order valence-corrected chi connectivity index (χ0v) is 9.87. The van der Waals surface area contributed by atoms with Crippen LogP contribution < -0.4 is 0 Å². The van der Waals surface area contributed by atoms with Gasteiger partial charge in [-0.25, -0.2) is 0 Å². The second-order valence-corrected chi connectivity index (χ2v) is 4.09. The maximum Gasteiger partial charge on any atom is 0.269 e. The number of carbonyl (C=O) groups excluding carboxylic acids is 1. The van der Waals surface area contributed by atoms with E-state index in [1.165, 1.54) is 19.2 Å².